The number of carbonyl (C=O) groups excluding carboxylic acids is 2. The fourth-order valence-electron chi connectivity index (χ4n) is 2.65. The van der Waals surface area contributed by atoms with Crippen molar-refractivity contribution in [3.05, 3.63) is 12.2 Å². The Kier molecular flexibility index (Phi) is 2.41. The van der Waals surface area contributed by atoms with Crippen LogP contribution in [0.2, 0.25) is 0 Å². The number of fused-ring (bicyclic) bond motifs is 1. The fraction of sp³-hybridized carbons (Fsp3) is 0.667. The maximum atomic E-state index is 12.0. The molecule has 0 bridgehead atoms. The average Bonchev–Trinajstić information content (AvgIpc) is 2.39. The number of amides is 2. The molecule has 3 nitrogen and oxygen atoms in total. The Morgan fingerprint density at radius 2 is 1.87 bits per heavy atom. The van der Waals surface area contributed by atoms with Crippen molar-refractivity contribution >= 4 is 11.8 Å². The molecule has 2 fully saturated rings. The number of allylic oxidation sites excluding steroid dienone is 1. The lowest BCUT2D eigenvalue weighted by molar-refractivity contribution is -0.141. The van der Waals surface area contributed by atoms with E-state index in [4.69, 9.17) is 0 Å². The third-order valence-corrected chi connectivity index (χ3v) is 3.43. The SMILES string of the molecule is C=C1CCC2C(=O)N(C(C)C)C(=O)C2C1. The summed E-state index contributed by atoms with van der Waals surface area (Å²) < 4.78 is 0. The Bertz CT molecular complexity index is 333. The quantitative estimate of drug-likeness (QED) is 0.485. The molecule has 15 heavy (non-hydrogen) atoms. The smallest absolute Gasteiger partial charge is 0.233 e. The lowest BCUT2D eigenvalue weighted by Crippen LogP contribution is -2.37. The molecular weight excluding hydrogens is 190 g/mol. The van der Waals surface area contributed by atoms with Crippen molar-refractivity contribution in [3.63, 3.8) is 0 Å². The number of likely N-dealkylation sites (tertiary alicyclic amines) is 1. The van der Waals surface area contributed by atoms with Crippen molar-refractivity contribution in [3.8, 4) is 0 Å². The highest BCUT2D eigenvalue weighted by Crippen LogP contribution is 2.40. The standard InChI is InChI=1S/C12H17NO2/c1-7(2)13-11(14)9-5-4-8(3)6-10(9)12(13)15/h7,9-10H,3-6H2,1-2H3. The van der Waals surface area contributed by atoms with Crippen molar-refractivity contribution in [1.82, 2.24) is 4.90 Å². The Hall–Kier alpha value is -1.12. The Balaban J connectivity index is 2.27. The van der Waals surface area contributed by atoms with Crippen LogP contribution in [-0.4, -0.2) is 22.8 Å². The summed E-state index contributed by atoms with van der Waals surface area (Å²) in [5.41, 5.74) is 1.11. The predicted molar refractivity (Wildman–Crippen MR) is 57.0 cm³/mol. The van der Waals surface area contributed by atoms with E-state index < -0.39 is 0 Å². The number of rotatable bonds is 1. The van der Waals surface area contributed by atoms with Gasteiger partial charge in [-0.25, -0.2) is 0 Å². The van der Waals surface area contributed by atoms with Gasteiger partial charge in [0, 0.05) is 6.04 Å². The van der Waals surface area contributed by atoms with Crippen LogP contribution in [0.25, 0.3) is 0 Å². The Labute approximate surface area is 90.1 Å². The average molecular weight is 207 g/mol. The molecule has 1 saturated heterocycles. The zero-order chi connectivity index (χ0) is 11.2. The van der Waals surface area contributed by atoms with Crippen LogP contribution in [0.3, 0.4) is 0 Å². The Morgan fingerprint density at radius 1 is 1.27 bits per heavy atom. The number of carbonyl (C=O) groups is 2. The summed E-state index contributed by atoms with van der Waals surface area (Å²) in [6, 6.07) is -0.0103. The molecule has 0 aromatic heterocycles. The first-order valence-corrected chi connectivity index (χ1v) is 5.56. The molecule has 2 aliphatic rings. The van der Waals surface area contributed by atoms with Crippen LogP contribution < -0.4 is 0 Å². The van der Waals surface area contributed by atoms with Gasteiger partial charge in [0.25, 0.3) is 0 Å². The van der Waals surface area contributed by atoms with Gasteiger partial charge in [-0.3, -0.25) is 14.5 Å². The summed E-state index contributed by atoms with van der Waals surface area (Å²) >= 11 is 0. The molecule has 1 heterocycles. The van der Waals surface area contributed by atoms with Crippen LogP contribution >= 0.6 is 0 Å². The molecule has 0 spiro atoms. The maximum absolute atomic E-state index is 12.0. The second kappa shape index (κ2) is 3.47. The summed E-state index contributed by atoms with van der Waals surface area (Å²) in [6.07, 6.45) is 2.40. The second-order valence-electron chi connectivity index (χ2n) is 4.85. The molecule has 1 aliphatic carbocycles. The summed E-state index contributed by atoms with van der Waals surface area (Å²) in [6.45, 7) is 7.70. The van der Waals surface area contributed by atoms with Gasteiger partial charge >= 0.3 is 0 Å². The molecule has 3 heteroatoms. The van der Waals surface area contributed by atoms with Gasteiger partial charge in [0.1, 0.15) is 0 Å². The van der Waals surface area contributed by atoms with Crippen LogP contribution in [0.5, 0.6) is 0 Å². The van der Waals surface area contributed by atoms with E-state index in [0.717, 1.165) is 18.4 Å². The first-order valence-electron chi connectivity index (χ1n) is 5.56. The first kappa shape index (κ1) is 10.4. The Morgan fingerprint density at radius 3 is 2.47 bits per heavy atom. The minimum Gasteiger partial charge on any atom is -0.280 e. The highest BCUT2D eigenvalue weighted by atomic mass is 16.2. The van der Waals surface area contributed by atoms with Crippen LogP contribution in [0.4, 0.5) is 0 Å². The normalized spacial score (nSPS) is 31.4. The number of hydrogen-bond acceptors (Lipinski definition) is 2. The van der Waals surface area contributed by atoms with E-state index >= 15 is 0 Å². The van der Waals surface area contributed by atoms with Gasteiger partial charge in [0.2, 0.25) is 11.8 Å². The molecule has 0 aromatic rings. The molecular formula is C12H17NO2. The van der Waals surface area contributed by atoms with E-state index in [-0.39, 0.29) is 29.7 Å². The van der Waals surface area contributed by atoms with Gasteiger partial charge in [-0.05, 0) is 33.1 Å². The predicted octanol–water partition coefficient (Wildman–Crippen LogP) is 1.74. The maximum Gasteiger partial charge on any atom is 0.233 e. The van der Waals surface area contributed by atoms with E-state index in [9.17, 15) is 9.59 Å². The minimum absolute atomic E-state index is 0.0103. The van der Waals surface area contributed by atoms with E-state index in [1.807, 2.05) is 13.8 Å². The zero-order valence-corrected chi connectivity index (χ0v) is 9.32. The number of hydrogen-bond donors (Lipinski definition) is 0. The van der Waals surface area contributed by atoms with Crippen LogP contribution in [0.1, 0.15) is 33.1 Å². The van der Waals surface area contributed by atoms with E-state index in [1.54, 1.807) is 0 Å². The molecule has 1 saturated carbocycles. The summed E-state index contributed by atoms with van der Waals surface area (Å²) in [7, 11) is 0. The first-order chi connectivity index (χ1) is 7.02. The van der Waals surface area contributed by atoms with Crippen LogP contribution in [-0.2, 0) is 9.59 Å². The lowest BCUT2D eigenvalue weighted by atomic mass is 9.79. The van der Waals surface area contributed by atoms with E-state index in [1.165, 1.54) is 4.90 Å². The third kappa shape index (κ3) is 1.50. The molecule has 2 atom stereocenters. The van der Waals surface area contributed by atoms with Crippen molar-refractivity contribution in [2.24, 2.45) is 11.8 Å². The molecule has 2 unspecified atom stereocenters. The monoisotopic (exact) mass is 207 g/mol. The second-order valence-corrected chi connectivity index (χ2v) is 4.85. The van der Waals surface area contributed by atoms with E-state index in [2.05, 4.69) is 6.58 Å². The minimum atomic E-state index is -0.110. The lowest BCUT2D eigenvalue weighted by Gasteiger charge is -2.22. The van der Waals surface area contributed by atoms with Crippen molar-refractivity contribution < 1.29 is 9.59 Å². The zero-order valence-electron chi connectivity index (χ0n) is 9.32. The molecule has 2 amide bonds. The summed E-state index contributed by atoms with van der Waals surface area (Å²) in [4.78, 5) is 25.4. The van der Waals surface area contributed by atoms with Gasteiger partial charge in [0.15, 0.2) is 0 Å². The molecule has 82 valence electrons. The molecule has 0 aromatic carbocycles. The largest absolute Gasteiger partial charge is 0.280 e. The third-order valence-electron chi connectivity index (χ3n) is 3.43. The van der Waals surface area contributed by atoms with E-state index in [0.29, 0.717) is 6.42 Å². The van der Waals surface area contributed by atoms with Crippen molar-refractivity contribution in [2.75, 3.05) is 0 Å². The van der Waals surface area contributed by atoms with Gasteiger partial charge in [0.05, 0.1) is 11.8 Å². The molecule has 2 rings (SSSR count). The highest BCUT2D eigenvalue weighted by Gasteiger charge is 2.49. The van der Waals surface area contributed by atoms with Crippen molar-refractivity contribution in [2.45, 2.75) is 39.2 Å². The van der Waals surface area contributed by atoms with Gasteiger partial charge in [-0.15, -0.1) is 0 Å². The summed E-state index contributed by atoms with van der Waals surface area (Å²) in [5.74, 6) is -0.125. The molecule has 0 radical (unpaired) electrons. The van der Waals surface area contributed by atoms with Crippen LogP contribution in [0, 0.1) is 11.8 Å². The van der Waals surface area contributed by atoms with Gasteiger partial charge < -0.3 is 0 Å². The topological polar surface area (TPSA) is 37.4 Å². The fourth-order valence-corrected chi connectivity index (χ4v) is 2.65. The van der Waals surface area contributed by atoms with Crippen LogP contribution in [0.15, 0.2) is 12.2 Å². The molecule has 0 N–H and O–H groups in total. The van der Waals surface area contributed by atoms with Crippen molar-refractivity contribution in [1.29, 1.82) is 0 Å². The number of nitrogens with zero attached hydrogens (tertiary/aromatic N) is 1. The van der Waals surface area contributed by atoms with Gasteiger partial charge in [-0.1, -0.05) is 12.2 Å². The molecule has 1 aliphatic heterocycles. The summed E-state index contributed by atoms with van der Waals surface area (Å²) in [5, 5.41) is 0. The highest BCUT2D eigenvalue weighted by molar-refractivity contribution is 6.05. The number of imide groups is 1. The van der Waals surface area contributed by atoms with Gasteiger partial charge in [-0.2, -0.15) is 0 Å².